The van der Waals surface area contributed by atoms with Crippen LogP contribution < -0.4 is 0 Å². The Hall–Kier alpha value is -2.01. The molecule has 0 amide bonds. The maximum Gasteiger partial charge on any atom is 0.193 e. The van der Waals surface area contributed by atoms with E-state index in [1.807, 2.05) is 64.1 Å². The van der Waals surface area contributed by atoms with Gasteiger partial charge in [-0.2, -0.15) is 0 Å². The molecule has 0 radical (unpaired) electrons. The van der Waals surface area contributed by atoms with Crippen LogP contribution in [0.1, 0.15) is 51.5 Å². The van der Waals surface area contributed by atoms with E-state index in [9.17, 15) is 15.0 Å². The molecule has 2 rings (SSSR count). The van der Waals surface area contributed by atoms with Crippen LogP contribution in [0.25, 0.3) is 0 Å². The second kappa shape index (κ2) is 9.27. The van der Waals surface area contributed by atoms with Gasteiger partial charge < -0.3 is 14.9 Å². The molecule has 4 heteroatoms. The number of ketones is 1. The molecule has 0 saturated heterocycles. The molecule has 0 saturated carbocycles. The summed E-state index contributed by atoms with van der Waals surface area (Å²) in [7, 11) is 0. The number of aliphatic hydroxyl groups is 2. The van der Waals surface area contributed by atoms with Crippen LogP contribution in [0.5, 0.6) is 0 Å². The minimum Gasteiger partial charge on any atom is -0.396 e. The van der Waals surface area contributed by atoms with Crippen molar-refractivity contribution in [3.8, 4) is 0 Å². The number of carbonyl (C=O) groups is 1. The van der Waals surface area contributed by atoms with Crippen molar-refractivity contribution in [2.75, 3.05) is 19.8 Å². The molecular weight excluding hydrogens is 340 g/mol. The number of rotatable bonds is 9. The molecule has 2 aromatic rings. The molecule has 0 heterocycles. The Bertz CT molecular complexity index is 768. The van der Waals surface area contributed by atoms with Crippen molar-refractivity contribution in [3.05, 3.63) is 69.8 Å². The minimum atomic E-state index is -0.630. The summed E-state index contributed by atoms with van der Waals surface area (Å²) < 4.78 is 5.87. The number of carbonyl (C=O) groups excluding carboxylic acids is 1. The van der Waals surface area contributed by atoms with E-state index >= 15 is 0 Å². The lowest BCUT2D eigenvalue weighted by Crippen LogP contribution is -2.34. The van der Waals surface area contributed by atoms with E-state index in [1.54, 1.807) is 0 Å². The van der Waals surface area contributed by atoms with Crippen molar-refractivity contribution in [3.63, 3.8) is 0 Å². The molecule has 0 fully saturated rings. The van der Waals surface area contributed by atoms with E-state index in [1.165, 1.54) is 0 Å². The van der Waals surface area contributed by atoms with Gasteiger partial charge in [0.1, 0.15) is 0 Å². The molecule has 2 N–H and O–H groups in total. The van der Waals surface area contributed by atoms with Gasteiger partial charge in [-0.1, -0.05) is 43.3 Å². The van der Waals surface area contributed by atoms with Crippen LogP contribution in [0.3, 0.4) is 0 Å². The van der Waals surface area contributed by atoms with Crippen LogP contribution in [0.15, 0.2) is 36.4 Å². The van der Waals surface area contributed by atoms with Gasteiger partial charge in [0.2, 0.25) is 0 Å². The predicted molar refractivity (Wildman–Crippen MR) is 107 cm³/mol. The third-order valence-corrected chi connectivity index (χ3v) is 5.47. The van der Waals surface area contributed by atoms with Crippen LogP contribution in [-0.2, 0) is 11.3 Å². The molecule has 2 aromatic carbocycles. The van der Waals surface area contributed by atoms with Gasteiger partial charge >= 0.3 is 0 Å². The lowest BCUT2D eigenvalue weighted by atomic mass is 9.88. The highest BCUT2D eigenvalue weighted by atomic mass is 16.5. The predicted octanol–water partition coefficient (Wildman–Crippen LogP) is 3.74. The first kappa shape index (κ1) is 21.3. The van der Waals surface area contributed by atoms with Gasteiger partial charge in [-0.15, -0.1) is 0 Å². The highest BCUT2D eigenvalue weighted by molar-refractivity contribution is 6.11. The molecule has 0 spiro atoms. The van der Waals surface area contributed by atoms with Crippen molar-refractivity contribution < 1.29 is 19.7 Å². The summed E-state index contributed by atoms with van der Waals surface area (Å²) in [5.74, 6) is 0.0143. The molecule has 27 heavy (non-hydrogen) atoms. The Labute approximate surface area is 161 Å². The number of hydrogen-bond acceptors (Lipinski definition) is 4. The topological polar surface area (TPSA) is 66.8 Å². The quantitative estimate of drug-likeness (QED) is 0.660. The van der Waals surface area contributed by atoms with Gasteiger partial charge in [0.05, 0.1) is 26.4 Å². The van der Waals surface area contributed by atoms with Gasteiger partial charge in [0.15, 0.2) is 5.78 Å². The number of aryl methyl sites for hydroxylation is 2. The standard InChI is InChI=1S/C23H30O4/c1-5-23(13-24,14-25)15-27-12-20-16(2)11-17(3)21(18(20)4)22(26)19-9-7-6-8-10-19/h6-11,24-25H,5,12-15H2,1-4H3. The van der Waals surface area contributed by atoms with Crippen LogP contribution in [-0.4, -0.2) is 35.8 Å². The number of hydrogen-bond donors (Lipinski definition) is 2. The molecular formula is C23H30O4. The van der Waals surface area contributed by atoms with Crippen LogP contribution in [0, 0.1) is 26.2 Å². The van der Waals surface area contributed by atoms with Crippen molar-refractivity contribution in [2.24, 2.45) is 5.41 Å². The summed E-state index contributed by atoms with van der Waals surface area (Å²) >= 11 is 0. The van der Waals surface area contributed by atoms with Crippen LogP contribution in [0.4, 0.5) is 0 Å². The maximum atomic E-state index is 13.0. The average Bonchev–Trinajstić information content (AvgIpc) is 2.68. The fraction of sp³-hybridized carbons (Fsp3) is 0.435. The van der Waals surface area contributed by atoms with Crippen molar-refractivity contribution in [2.45, 2.75) is 40.7 Å². The lowest BCUT2D eigenvalue weighted by Gasteiger charge is -2.28. The molecule has 0 aliphatic heterocycles. The Balaban J connectivity index is 2.29. The molecule has 4 nitrogen and oxygen atoms in total. The van der Waals surface area contributed by atoms with Crippen LogP contribution >= 0.6 is 0 Å². The SMILES string of the molecule is CCC(CO)(CO)COCc1c(C)cc(C)c(C(=O)c2ccccc2)c1C. The maximum absolute atomic E-state index is 13.0. The molecule has 0 aromatic heterocycles. The smallest absolute Gasteiger partial charge is 0.193 e. The number of ether oxygens (including phenoxy) is 1. The monoisotopic (exact) mass is 370 g/mol. The number of aliphatic hydroxyl groups excluding tert-OH is 2. The Morgan fingerprint density at radius 2 is 1.67 bits per heavy atom. The molecule has 0 bridgehead atoms. The largest absolute Gasteiger partial charge is 0.396 e. The van der Waals surface area contributed by atoms with Crippen molar-refractivity contribution >= 4 is 5.78 Å². The fourth-order valence-corrected chi connectivity index (χ4v) is 3.37. The van der Waals surface area contributed by atoms with Gasteiger partial charge in [-0.05, 0) is 49.4 Å². The summed E-state index contributed by atoms with van der Waals surface area (Å²) in [6.07, 6.45) is 0.629. The number of benzene rings is 2. The molecule has 0 aliphatic carbocycles. The molecule has 0 atom stereocenters. The second-order valence-corrected chi connectivity index (χ2v) is 7.35. The Kier molecular flexibility index (Phi) is 7.31. The Morgan fingerprint density at radius 3 is 2.22 bits per heavy atom. The zero-order valence-electron chi connectivity index (χ0n) is 16.7. The normalized spacial score (nSPS) is 11.6. The van der Waals surface area contributed by atoms with Gasteiger partial charge in [-0.25, -0.2) is 0 Å². The van der Waals surface area contributed by atoms with E-state index < -0.39 is 5.41 Å². The molecule has 146 valence electrons. The third kappa shape index (κ3) is 4.64. The minimum absolute atomic E-state index is 0.0143. The van der Waals surface area contributed by atoms with E-state index in [0.717, 1.165) is 27.8 Å². The van der Waals surface area contributed by atoms with Gasteiger partial charge in [-0.3, -0.25) is 4.79 Å². The zero-order chi connectivity index (χ0) is 20.0. The average molecular weight is 370 g/mol. The Morgan fingerprint density at radius 1 is 1.04 bits per heavy atom. The van der Waals surface area contributed by atoms with E-state index in [2.05, 4.69) is 0 Å². The fourth-order valence-electron chi connectivity index (χ4n) is 3.37. The van der Waals surface area contributed by atoms with Crippen molar-refractivity contribution in [1.29, 1.82) is 0 Å². The van der Waals surface area contributed by atoms with E-state index in [-0.39, 0.29) is 25.6 Å². The molecule has 0 aliphatic rings. The summed E-state index contributed by atoms with van der Waals surface area (Å²) in [6.45, 7) is 8.23. The zero-order valence-corrected chi connectivity index (χ0v) is 16.7. The second-order valence-electron chi connectivity index (χ2n) is 7.35. The first-order valence-electron chi connectivity index (χ1n) is 9.38. The van der Waals surface area contributed by atoms with Crippen molar-refractivity contribution in [1.82, 2.24) is 0 Å². The van der Waals surface area contributed by atoms with Gasteiger partial charge in [0, 0.05) is 16.5 Å². The first-order chi connectivity index (χ1) is 12.9. The van der Waals surface area contributed by atoms with Gasteiger partial charge in [0.25, 0.3) is 0 Å². The summed E-state index contributed by atoms with van der Waals surface area (Å²) in [5, 5.41) is 19.2. The van der Waals surface area contributed by atoms with E-state index in [0.29, 0.717) is 18.6 Å². The lowest BCUT2D eigenvalue weighted by molar-refractivity contribution is -0.0356. The highest BCUT2D eigenvalue weighted by Crippen LogP contribution is 2.27. The summed E-state index contributed by atoms with van der Waals surface area (Å²) in [5.41, 5.74) is 4.70. The highest BCUT2D eigenvalue weighted by Gasteiger charge is 2.27. The summed E-state index contributed by atoms with van der Waals surface area (Å²) in [4.78, 5) is 13.0. The third-order valence-electron chi connectivity index (χ3n) is 5.47. The molecule has 0 unspecified atom stereocenters. The first-order valence-corrected chi connectivity index (χ1v) is 9.38. The van der Waals surface area contributed by atoms with Crippen LogP contribution in [0.2, 0.25) is 0 Å². The van der Waals surface area contributed by atoms with E-state index in [4.69, 9.17) is 4.74 Å². The summed E-state index contributed by atoms with van der Waals surface area (Å²) in [6, 6.07) is 11.3.